The van der Waals surface area contributed by atoms with Crippen molar-refractivity contribution in [1.82, 2.24) is 4.98 Å². The predicted octanol–water partition coefficient (Wildman–Crippen LogP) is 2.91. The van der Waals surface area contributed by atoms with Crippen LogP contribution >= 0.6 is 34.8 Å². The summed E-state index contributed by atoms with van der Waals surface area (Å²) in [5.41, 5.74) is 0.223. The van der Waals surface area contributed by atoms with Crippen LogP contribution in [0.2, 0.25) is 15.2 Å². The first-order valence-corrected chi connectivity index (χ1v) is 3.69. The number of rotatable bonds is 0. The maximum absolute atomic E-state index is 8.46. The van der Waals surface area contributed by atoms with Crippen LogP contribution in [0.5, 0.6) is 0 Å². The normalized spacial score (nSPS) is 9.27. The zero-order chi connectivity index (χ0) is 8.43. The Morgan fingerprint density at radius 1 is 1.27 bits per heavy atom. The van der Waals surface area contributed by atoms with Gasteiger partial charge >= 0.3 is 0 Å². The summed E-state index contributed by atoms with van der Waals surface area (Å²) < 4.78 is 0. The van der Waals surface area contributed by atoms with Crippen molar-refractivity contribution in [2.24, 2.45) is 0 Å². The molecule has 1 heterocycles. The van der Waals surface area contributed by atoms with Crippen molar-refractivity contribution in [3.8, 4) is 6.07 Å². The minimum Gasteiger partial charge on any atom is -0.241 e. The third-order valence-electron chi connectivity index (χ3n) is 1.04. The van der Waals surface area contributed by atoms with Crippen LogP contribution in [0.15, 0.2) is 6.20 Å². The van der Waals surface area contributed by atoms with E-state index in [0.717, 1.165) is 0 Å². The van der Waals surface area contributed by atoms with Gasteiger partial charge in [-0.15, -0.1) is 0 Å². The summed E-state index contributed by atoms with van der Waals surface area (Å²) in [6.45, 7) is 0. The SMILES string of the molecule is N#Cc1cnc(Cl)c(Cl)c1Cl. The molecule has 1 rings (SSSR count). The highest BCUT2D eigenvalue weighted by molar-refractivity contribution is 6.47. The first-order valence-electron chi connectivity index (χ1n) is 2.56. The zero-order valence-corrected chi connectivity index (χ0v) is 7.37. The van der Waals surface area contributed by atoms with Crippen molar-refractivity contribution in [1.29, 1.82) is 5.26 Å². The van der Waals surface area contributed by atoms with Crippen LogP contribution in [0.1, 0.15) is 5.56 Å². The van der Waals surface area contributed by atoms with Gasteiger partial charge in [-0.25, -0.2) is 4.98 Å². The largest absolute Gasteiger partial charge is 0.241 e. The quantitative estimate of drug-likeness (QED) is 0.613. The van der Waals surface area contributed by atoms with E-state index in [1.807, 2.05) is 6.07 Å². The summed E-state index contributed by atoms with van der Waals surface area (Å²) in [7, 11) is 0. The van der Waals surface area contributed by atoms with E-state index in [9.17, 15) is 0 Å². The Bertz CT molecular complexity index is 329. The van der Waals surface area contributed by atoms with Crippen LogP contribution in [0.3, 0.4) is 0 Å². The molecule has 0 aliphatic carbocycles. The highest BCUT2D eigenvalue weighted by Crippen LogP contribution is 2.29. The highest BCUT2D eigenvalue weighted by atomic mass is 35.5. The van der Waals surface area contributed by atoms with Gasteiger partial charge < -0.3 is 0 Å². The highest BCUT2D eigenvalue weighted by Gasteiger charge is 2.08. The van der Waals surface area contributed by atoms with Gasteiger partial charge in [-0.1, -0.05) is 34.8 Å². The van der Waals surface area contributed by atoms with E-state index in [1.54, 1.807) is 0 Å². The molecule has 1 aromatic heterocycles. The van der Waals surface area contributed by atoms with Crippen molar-refractivity contribution in [2.75, 3.05) is 0 Å². The molecule has 0 aromatic carbocycles. The second-order valence-corrected chi connectivity index (χ2v) is 2.82. The topological polar surface area (TPSA) is 36.7 Å². The molecule has 2 nitrogen and oxygen atoms in total. The Kier molecular flexibility index (Phi) is 2.56. The van der Waals surface area contributed by atoms with Crippen molar-refractivity contribution < 1.29 is 0 Å². The number of hydrogen-bond acceptors (Lipinski definition) is 2. The lowest BCUT2D eigenvalue weighted by molar-refractivity contribution is 1.30. The van der Waals surface area contributed by atoms with Gasteiger partial charge in [0.1, 0.15) is 11.2 Å². The summed E-state index contributed by atoms with van der Waals surface area (Å²) in [6.07, 6.45) is 1.27. The predicted molar refractivity (Wildman–Crippen MR) is 44.0 cm³/mol. The molecule has 11 heavy (non-hydrogen) atoms. The molecule has 0 saturated heterocycles. The van der Waals surface area contributed by atoms with Crippen LogP contribution in [0.25, 0.3) is 0 Å². The number of nitrogens with zero attached hydrogens (tertiary/aromatic N) is 2. The molecule has 0 N–H and O–H groups in total. The third kappa shape index (κ3) is 1.57. The number of nitriles is 1. The van der Waals surface area contributed by atoms with Gasteiger partial charge in [0.25, 0.3) is 0 Å². The molecular weight excluding hydrogens is 206 g/mol. The first kappa shape index (κ1) is 8.61. The van der Waals surface area contributed by atoms with Gasteiger partial charge in [0.15, 0.2) is 0 Å². The lowest BCUT2D eigenvalue weighted by atomic mass is 10.3. The van der Waals surface area contributed by atoms with Gasteiger partial charge in [-0.05, 0) is 0 Å². The fraction of sp³-hybridized carbons (Fsp3) is 0. The Hall–Kier alpha value is -0.490. The lowest BCUT2D eigenvalue weighted by Crippen LogP contribution is -1.83. The van der Waals surface area contributed by atoms with E-state index in [2.05, 4.69) is 4.98 Å². The van der Waals surface area contributed by atoms with Crippen molar-refractivity contribution in [3.05, 3.63) is 27.0 Å². The van der Waals surface area contributed by atoms with Gasteiger partial charge in [0, 0.05) is 6.20 Å². The fourth-order valence-corrected chi connectivity index (χ4v) is 1.04. The fourth-order valence-electron chi connectivity index (χ4n) is 0.521. The van der Waals surface area contributed by atoms with Gasteiger partial charge in [0.2, 0.25) is 0 Å². The van der Waals surface area contributed by atoms with Gasteiger partial charge in [-0.2, -0.15) is 5.26 Å². The molecule has 0 radical (unpaired) electrons. The van der Waals surface area contributed by atoms with Crippen molar-refractivity contribution in [2.45, 2.75) is 0 Å². The molecule has 5 heteroatoms. The average Bonchev–Trinajstić information content (AvgIpc) is 2.01. The molecule has 1 aromatic rings. The molecule has 0 saturated carbocycles. The van der Waals surface area contributed by atoms with Crippen LogP contribution < -0.4 is 0 Å². The summed E-state index contributed by atoms with van der Waals surface area (Å²) in [5, 5.41) is 8.83. The Balaban J connectivity index is 3.40. The first-order chi connectivity index (χ1) is 5.16. The van der Waals surface area contributed by atoms with E-state index < -0.39 is 0 Å². The Morgan fingerprint density at radius 3 is 2.45 bits per heavy atom. The van der Waals surface area contributed by atoms with Crippen LogP contribution in [-0.4, -0.2) is 4.98 Å². The third-order valence-corrected chi connectivity index (χ3v) is 2.28. The maximum atomic E-state index is 8.46. The van der Waals surface area contributed by atoms with Crippen LogP contribution in [-0.2, 0) is 0 Å². The van der Waals surface area contributed by atoms with Crippen molar-refractivity contribution >= 4 is 34.8 Å². The Labute approximate surface area is 78.3 Å². The maximum Gasteiger partial charge on any atom is 0.149 e. The molecule has 56 valence electrons. The summed E-state index contributed by atoms with van der Waals surface area (Å²) in [5.74, 6) is 0. The van der Waals surface area contributed by atoms with Crippen LogP contribution in [0.4, 0.5) is 0 Å². The minimum absolute atomic E-state index is 0.107. The monoisotopic (exact) mass is 206 g/mol. The number of hydrogen-bond donors (Lipinski definition) is 0. The van der Waals surface area contributed by atoms with E-state index in [0.29, 0.717) is 0 Å². The number of halogens is 3. The summed E-state index contributed by atoms with van der Waals surface area (Å²) in [6, 6.07) is 1.83. The second kappa shape index (κ2) is 3.27. The molecule has 0 bridgehead atoms. The molecule has 0 fully saturated rings. The molecule has 0 aliphatic rings. The van der Waals surface area contributed by atoms with E-state index in [1.165, 1.54) is 6.20 Å². The molecule has 0 aliphatic heterocycles. The summed E-state index contributed by atoms with van der Waals surface area (Å²) >= 11 is 16.7. The molecule has 0 atom stereocenters. The van der Waals surface area contributed by atoms with Crippen LogP contribution in [0, 0.1) is 11.3 Å². The van der Waals surface area contributed by atoms with E-state index >= 15 is 0 Å². The smallest absolute Gasteiger partial charge is 0.149 e. The molecule has 0 spiro atoms. The van der Waals surface area contributed by atoms with Gasteiger partial charge in [-0.3, -0.25) is 0 Å². The molecule has 0 amide bonds. The minimum atomic E-state index is 0.107. The standard InChI is InChI=1S/C6HCl3N2/c7-4-3(1-10)2-11-6(9)5(4)8/h2H. The van der Waals surface area contributed by atoms with E-state index in [4.69, 9.17) is 40.1 Å². The lowest BCUT2D eigenvalue weighted by Gasteiger charge is -1.97. The average molecular weight is 207 g/mol. The Morgan fingerprint density at radius 2 is 1.91 bits per heavy atom. The van der Waals surface area contributed by atoms with E-state index in [-0.39, 0.29) is 20.8 Å². The molecular formula is C6HCl3N2. The number of pyridine rings is 1. The zero-order valence-electron chi connectivity index (χ0n) is 5.11. The molecule has 0 unspecified atom stereocenters. The summed E-state index contributed by atoms with van der Waals surface area (Å²) in [4.78, 5) is 3.64. The second-order valence-electron chi connectivity index (χ2n) is 1.70. The van der Waals surface area contributed by atoms with Gasteiger partial charge in [0.05, 0.1) is 15.6 Å². The number of aromatic nitrogens is 1. The van der Waals surface area contributed by atoms with Crippen molar-refractivity contribution in [3.63, 3.8) is 0 Å².